The van der Waals surface area contributed by atoms with Crippen molar-refractivity contribution in [2.75, 3.05) is 44.3 Å². The number of hydrogen-bond donors (Lipinski definition) is 0. The fourth-order valence-electron chi connectivity index (χ4n) is 2.98. The highest BCUT2D eigenvalue weighted by Gasteiger charge is 2.26. The minimum atomic E-state index is -0.332. The number of halogens is 3. The minimum absolute atomic E-state index is 0.263. The molecule has 0 saturated carbocycles. The number of amides is 1. The van der Waals surface area contributed by atoms with Crippen molar-refractivity contribution in [3.63, 3.8) is 0 Å². The topological polar surface area (TPSA) is 45.7 Å². The van der Waals surface area contributed by atoms with Crippen molar-refractivity contribution in [2.45, 2.75) is 0 Å². The van der Waals surface area contributed by atoms with E-state index >= 15 is 0 Å². The van der Waals surface area contributed by atoms with Crippen LogP contribution < -0.4 is 4.90 Å². The van der Waals surface area contributed by atoms with Crippen LogP contribution in [-0.2, 0) is 4.74 Å². The van der Waals surface area contributed by atoms with Crippen molar-refractivity contribution >= 4 is 67.1 Å². The number of thiophene rings is 1. The lowest BCUT2D eigenvalue weighted by Crippen LogP contribution is -2.43. The van der Waals surface area contributed by atoms with Crippen molar-refractivity contribution in [2.24, 2.45) is 0 Å². The van der Waals surface area contributed by atoms with Gasteiger partial charge in [-0.25, -0.2) is 9.37 Å². The molecule has 0 spiro atoms. The first-order valence-corrected chi connectivity index (χ1v) is 11.0. The van der Waals surface area contributed by atoms with Gasteiger partial charge in [0.1, 0.15) is 10.2 Å². The van der Waals surface area contributed by atoms with Gasteiger partial charge >= 0.3 is 0 Å². The van der Waals surface area contributed by atoms with Crippen molar-refractivity contribution in [1.82, 2.24) is 9.88 Å². The number of fused-ring (bicyclic) bond motifs is 1. The third-order valence-electron chi connectivity index (χ3n) is 4.45. The van der Waals surface area contributed by atoms with Crippen LogP contribution in [0.4, 0.5) is 9.52 Å². The lowest BCUT2D eigenvalue weighted by molar-refractivity contribution is 0.0391. The Morgan fingerprint density at radius 2 is 2.04 bits per heavy atom. The van der Waals surface area contributed by atoms with Crippen molar-refractivity contribution in [3.05, 3.63) is 44.3 Å². The Balaban J connectivity index is 1.64. The van der Waals surface area contributed by atoms with Crippen LogP contribution in [0.5, 0.6) is 0 Å². The Morgan fingerprint density at radius 1 is 1.25 bits per heavy atom. The predicted molar refractivity (Wildman–Crippen MR) is 113 cm³/mol. The molecule has 1 aliphatic heterocycles. The average Bonchev–Trinajstić information content (AvgIpc) is 3.24. The molecule has 3 heterocycles. The molecular weight excluding hydrogens is 444 g/mol. The van der Waals surface area contributed by atoms with Crippen LogP contribution >= 0.6 is 45.9 Å². The van der Waals surface area contributed by atoms with Crippen LogP contribution in [0.3, 0.4) is 0 Å². The van der Waals surface area contributed by atoms with E-state index in [-0.39, 0.29) is 11.7 Å². The third kappa shape index (κ3) is 4.32. The summed E-state index contributed by atoms with van der Waals surface area (Å²) in [6, 6.07) is 5.98. The van der Waals surface area contributed by atoms with Gasteiger partial charge in [0.15, 0.2) is 5.13 Å². The SMILES string of the molecule is O=C(c1cc(Cl)sc1Cl)N(CCN1CCOCC1)c1nc2ccc(F)cc2s1. The zero-order valence-corrected chi connectivity index (χ0v) is 17.8. The second-order valence-corrected chi connectivity index (χ2v) is 9.55. The largest absolute Gasteiger partial charge is 0.379 e. The van der Waals surface area contributed by atoms with E-state index in [0.29, 0.717) is 55.9 Å². The monoisotopic (exact) mass is 459 g/mol. The molecule has 5 nitrogen and oxygen atoms in total. The van der Waals surface area contributed by atoms with Crippen LogP contribution in [0, 0.1) is 5.82 Å². The first-order valence-electron chi connectivity index (χ1n) is 8.64. The van der Waals surface area contributed by atoms with Gasteiger partial charge in [-0.3, -0.25) is 14.6 Å². The minimum Gasteiger partial charge on any atom is -0.379 e. The van der Waals surface area contributed by atoms with Crippen LogP contribution in [0.25, 0.3) is 10.2 Å². The fourth-order valence-corrected chi connectivity index (χ4v) is 5.45. The number of morpholine rings is 1. The lowest BCUT2D eigenvalue weighted by atomic mass is 10.3. The summed E-state index contributed by atoms with van der Waals surface area (Å²) >= 11 is 14.7. The molecule has 0 radical (unpaired) electrons. The molecule has 28 heavy (non-hydrogen) atoms. The summed E-state index contributed by atoms with van der Waals surface area (Å²) in [5, 5.41) is 0.511. The summed E-state index contributed by atoms with van der Waals surface area (Å²) in [4.78, 5) is 21.6. The standard InChI is InChI=1S/C18H16Cl2FN3O2S2/c19-15-10-12(16(20)28-15)17(25)24(4-3-23-5-7-26-8-6-23)18-22-13-2-1-11(21)9-14(13)27-18/h1-2,9-10H,3-8H2. The van der Waals surface area contributed by atoms with E-state index in [0.717, 1.165) is 24.4 Å². The lowest BCUT2D eigenvalue weighted by Gasteiger charge is -2.29. The third-order valence-corrected chi connectivity index (χ3v) is 6.97. The number of rotatable bonds is 5. The molecule has 4 rings (SSSR count). The Hall–Kier alpha value is -1.29. The van der Waals surface area contributed by atoms with Crippen LogP contribution in [-0.4, -0.2) is 55.2 Å². The molecule has 10 heteroatoms. The normalized spacial score (nSPS) is 15.2. The van der Waals surface area contributed by atoms with E-state index in [1.807, 2.05) is 0 Å². The van der Waals surface area contributed by atoms with Gasteiger partial charge in [0.2, 0.25) is 0 Å². The van der Waals surface area contributed by atoms with Gasteiger partial charge in [-0.05, 0) is 24.3 Å². The number of benzene rings is 1. The maximum absolute atomic E-state index is 13.6. The molecule has 3 aromatic rings. The van der Waals surface area contributed by atoms with E-state index in [9.17, 15) is 9.18 Å². The first-order chi connectivity index (χ1) is 13.5. The van der Waals surface area contributed by atoms with E-state index in [4.69, 9.17) is 27.9 Å². The van der Waals surface area contributed by atoms with Gasteiger partial charge in [-0.1, -0.05) is 34.5 Å². The zero-order chi connectivity index (χ0) is 19.7. The Kier molecular flexibility index (Phi) is 6.15. The van der Waals surface area contributed by atoms with Gasteiger partial charge in [0, 0.05) is 26.2 Å². The second-order valence-electron chi connectivity index (χ2n) is 6.26. The molecule has 0 aliphatic carbocycles. The van der Waals surface area contributed by atoms with Gasteiger partial charge in [-0.15, -0.1) is 11.3 Å². The van der Waals surface area contributed by atoms with Crippen LogP contribution in [0.1, 0.15) is 10.4 Å². The van der Waals surface area contributed by atoms with E-state index in [1.54, 1.807) is 17.0 Å². The molecule has 1 fully saturated rings. The predicted octanol–water partition coefficient (Wildman–Crippen LogP) is 4.78. The number of ether oxygens (including phenoxy) is 1. The number of carbonyl (C=O) groups is 1. The van der Waals surface area contributed by atoms with E-state index < -0.39 is 0 Å². The van der Waals surface area contributed by atoms with Gasteiger partial charge in [0.25, 0.3) is 5.91 Å². The molecular formula is C18H16Cl2FN3O2S2. The fraction of sp³-hybridized carbons (Fsp3) is 0.333. The number of thiazole rings is 1. The molecule has 1 saturated heterocycles. The molecule has 0 unspecified atom stereocenters. The summed E-state index contributed by atoms with van der Waals surface area (Å²) in [7, 11) is 0. The van der Waals surface area contributed by atoms with E-state index in [1.165, 1.54) is 23.5 Å². The molecule has 2 aromatic heterocycles. The zero-order valence-electron chi connectivity index (χ0n) is 14.7. The molecule has 0 atom stereocenters. The highest BCUT2D eigenvalue weighted by molar-refractivity contribution is 7.22. The van der Waals surface area contributed by atoms with Gasteiger partial charge < -0.3 is 4.74 Å². The number of aromatic nitrogens is 1. The Bertz CT molecular complexity index is 1000. The van der Waals surface area contributed by atoms with Gasteiger partial charge in [-0.2, -0.15) is 0 Å². The summed E-state index contributed by atoms with van der Waals surface area (Å²) < 4.78 is 20.4. The highest BCUT2D eigenvalue weighted by atomic mass is 35.5. The van der Waals surface area contributed by atoms with Crippen molar-refractivity contribution in [3.8, 4) is 0 Å². The second kappa shape index (κ2) is 8.61. The smallest absolute Gasteiger partial charge is 0.262 e. The molecule has 1 aromatic carbocycles. The number of nitrogens with zero attached hydrogens (tertiary/aromatic N) is 3. The van der Waals surface area contributed by atoms with Crippen LogP contribution in [0.2, 0.25) is 8.67 Å². The van der Waals surface area contributed by atoms with Crippen molar-refractivity contribution in [1.29, 1.82) is 0 Å². The number of carbonyl (C=O) groups excluding carboxylic acids is 1. The first kappa shape index (κ1) is 20.0. The highest BCUT2D eigenvalue weighted by Crippen LogP contribution is 2.35. The molecule has 148 valence electrons. The molecule has 1 aliphatic rings. The van der Waals surface area contributed by atoms with Crippen molar-refractivity contribution < 1.29 is 13.9 Å². The quantitative estimate of drug-likeness (QED) is 0.550. The molecule has 1 amide bonds. The summed E-state index contributed by atoms with van der Waals surface area (Å²) in [5.74, 6) is -0.595. The molecule has 0 bridgehead atoms. The summed E-state index contributed by atoms with van der Waals surface area (Å²) in [6.45, 7) is 4.11. The molecule has 0 N–H and O–H groups in total. The summed E-state index contributed by atoms with van der Waals surface area (Å²) in [6.07, 6.45) is 0. The average molecular weight is 460 g/mol. The van der Waals surface area contributed by atoms with Crippen LogP contribution in [0.15, 0.2) is 24.3 Å². The number of hydrogen-bond acceptors (Lipinski definition) is 6. The Labute approximate surface area is 179 Å². The number of anilines is 1. The maximum atomic E-state index is 13.6. The Morgan fingerprint density at radius 3 is 2.75 bits per heavy atom. The maximum Gasteiger partial charge on any atom is 0.262 e. The summed E-state index contributed by atoms with van der Waals surface area (Å²) in [5.41, 5.74) is 1.00. The van der Waals surface area contributed by atoms with E-state index in [2.05, 4.69) is 9.88 Å². The van der Waals surface area contributed by atoms with Gasteiger partial charge in [0.05, 0.1) is 33.3 Å².